The minimum Gasteiger partial charge on any atom is -0.382 e. The topological polar surface area (TPSA) is 62.3 Å². The summed E-state index contributed by atoms with van der Waals surface area (Å²) in [6.07, 6.45) is 4.75. The molecule has 0 spiro atoms. The van der Waals surface area contributed by atoms with Gasteiger partial charge >= 0.3 is 0 Å². The van der Waals surface area contributed by atoms with Gasteiger partial charge in [-0.2, -0.15) is 0 Å². The molecule has 0 aromatic carbocycles. The predicted molar refractivity (Wildman–Crippen MR) is 57.4 cm³/mol. The third-order valence-electron chi connectivity index (χ3n) is 2.03. The molecule has 1 aromatic rings. The van der Waals surface area contributed by atoms with Gasteiger partial charge in [-0.15, -0.1) is 0 Å². The van der Waals surface area contributed by atoms with Crippen molar-refractivity contribution < 1.29 is 9.47 Å². The molecular weight excluding hydrogens is 194 g/mol. The smallest absolute Gasteiger partial charge is 0.0949 e. The summed E-state index contributed by atoms with van der Waals surface area (Å²) in [5, 5.41) is 0. The van der Waals surface area contributed by atoms with Crippen LogP contribution in [-0.2, 0) is 22.6 Å². The highest BCUT2D eigenvalue weighted by atomic mass is 16.5. The number of imidazole rings is 1. The van der Waals surface area contributed by atoms with Crippen LogP contribution in [0.2, 0.25) is 0 Å². The standard InChI is InChI=1S/C10H19N3O2/c1-14-5-6-15-4-2-3-13-8-10(7-11)12-9-13/h8-9H,2-7,11H2,1H3. The molecule has 5 nitrogen and oxygen atoms in total. The number of hydrogen-bond acceptors (Lipinski definition) is 4. The maximum atomic E-state index is 5.46. The Morgan fingerprint density at radius 1 is 1.40 bits per heavy atom. The molecular formula is C10H19N3O2. The molecule has 0 bridgehead atoms. The molecule has 0 fully saturated rings. The van der Waals surface area contributed by atoms with Crippen molar-refractivity contribution in [1.29, 1.82) is 0 Å². The van der Waals surface area contributed by atoms with Crippen molar-refractivity contribution in [2.45, 2.75) is 19.5 Å². The zero-order valence-electron chi connectivity index (χ0n) is 9.19. The summed E-state index contributed by atoms with van der Waals surface area (Å²) >= 11 is 0. The van der Waals surface area contributed by atoms with Crippen LogP contribution in [0.15, 0.2) is 12.5 Å². The fraction of sp³-hybridized carbons (Fsp3) is 0.700. The molecule has 0 atom stereocenters. The number of aryl methyl sites for hydroxylation is 1. The van der Waals surface area contributed by atoms with E-state index in [4.69, 9.17) is 15.2 Å². The van der Waals surface area contributed by atoms with Crippen LogP contribution in [0.1, 0.15) is 12.1 Å². The summed E-state index contributed by atoms with van der Waals surface area (Å²) in [6.45, 7) is 3.48. The van der Waals surface area contributed by atoms with Gasteiger partial charge in [-0.3, -0.25) is 0 Å². The van der Waals surface area contributed by atoms with Crippen molar-refractivity contribution in [3.63, 3.8) is 0 Å². The third kappa shape index (κ3) is 4.92. The SMILES string of the molecule is COCCOCCCn1cnc(CN)c1. The van der Waals surface area contributed by atoms with Crippen molar-refractivity contribution in [2.24, 2.45) is 5.73 Å². The number of nitrogens with two attached hydrogens (primary N) is 1. The second kappa shape index (κ2) is 7.39. The summed E-state index contributed by atoms with van der Waals surface area (Å²) in [6, 6.07) is 0. The van der Waals surface area contributed by atoms with E-state index in [1.165, 1.54) is 0 Å². The molecule has 5 heteroatoms. The highest BCUT2D eigenvalue weighted by Gasteiger charge is 1.96. The summed E-state index contributed by atoms with van der Waals surface area (Å²) in [7, 11) is 1.67. The lowest BCUT2D eigenvalue weighted by Crippen LogP contribution is -2.05. The van der Waals surface area contributed by atoms with Crippen LogP contribution < -0.4 is 5.73 Å². The molecule has 1 aromatic heterocycles. The van der Waals surface area contributed by atoms with E-state index in [1.54, 1.807) is 13.4 Å². The van der Waals surface area contributed by atoms with Crippen molar-refractivity contribution in [3.05, 3.63) is 18.2 Å². The first-order valence-electron chi connectivity index (χ1n) is 5.14. The molecule has 2 N–H and O–H groups in total. The number of aromatic nitrogens is 2. The van der Waals surface area contributed by atoms with Gasteiger partial charge < -0.3 is 19.8 Å². The van der Waals surface area contributed by atoms with Crippen LogP contribution >= 0.6 is 0 Å². The Balaban J connectivity index is 2.04. The van der Waals surface area contributed by atoms with E-state index in [1.807, 2.05) is 10.8 Å². The van der Waals surface area contributed by atoms with Crippen molar-refractivity contribution in [1.82, 2.24) is 9.55 Å². The summed E-state index contributed by atoms with van der Waals surface area (Å²) < 4.78 is 12.2. The van der Waals surface area contributed by atoms with E-state index >= 15 is 0 Å². The van der Waals surface area contributed by atoms with Gasteiger partial charge in [0.1, 0.15) is 0 Å². The van der Waals surface area contributed by atoms with Crippen LogP contribution in [0.4, 0.5) is 0 Å². The first kappa shape index (κ1) is 12.2. The number of hydrogen-bond donors (Lipinski definition) is 1. The maximum Gasteiger partial charge on any atom is 0.0949 e. The van der Waals surface area contributed by atoms with Gasteiger partial charge in [0, 0.05) is 33.0 Å². The average Bonchev–Trinajstić information content (AvgIpc) is 2.71. The minimum atomic E-state index is 0.497. The second-order valence-corrected chi connectivity index (χ2v) is 3.27. The molecule has 15 heavy (non-hydrogen) atoms. The fourth-order valence-electron chi connectivity index (χ4n) is 1.23. The Labute approximate surface area is 90.2 Å². The molecule has 86 valence electrons. The minimum absolute atomic E-state index is 0.497. The van der Waals surface area contributed by atoms with Gasteiger partial charge in [-0.1, -0.05) is 0 Å². The predicted octanol–water partition coefficient (Wildman–Crippen LogP) is 0.395. The highest BCUT2D eigenvalue weighted by molar-refractivity contribution is 4.95. The average molecular weight is 213 g/mol. The number of nitrogens with zero attached hydrogens (tertiary/aromatic N) is 2. The second-order valence-electron chi connectivity index (χ2n) is 3.27. The van der Waals surface area contributed by atoms with Gasteiger partial charge in [0.2, 0.25) is 0 Å². The molecule has 0 unspecified atom stereocenters. The molecule has 0 saturated carbocycles. The zero-order valence-corrected chi connectivity index (χ0v) is 9.19. The Morgan fingerprint density at radius 2 is 2.27 bits per heavy atom. The van der Waals surface area contributed by atoms with E-state index in [0.29, 0.717) is 19.8 Å². The van der Waals surface area contributed by atoms with Crippen LogP contribution in [0.25, 0.3) is 0 Å². The van der Waals surface area contributed by atoms with Crippen LogP contribution in [0.5, 0.6) is 0 Å². The van der Waals surface area contributed by atoms with Crippen molar-refractivity contribution in [3.8, 4) is 0 Å². The molecule has 0 amide bonds. The van der Waals surface area contributed by atoms with Gasteiger partial charge in [-0.05, 0) is 6.42 Å². The number of rotatable bonds is 8. The normalized spacial score (nSPS) is 10.8. The Morgan fingerprint density at radius 3 is 2.93 bits per heavy atom. The quantitative estimate of drug-likeness (QED) is 0.635. The lowest BCUT2D eigenvalue weighted by atomic mass is 10.4. The number of ether oxygens (including phenoxy) is 2. The summed E-state index contributed by atoms with van der Waals surface area (Å²) in [5.41, 5.74) is 6.38. The lowest BCUT2D eigenvalue weighted by molar-refractivity contribution is 0.0680. The van der Waals surface area contributed by atoms with E-state index in [9.17, 15) is 0 Å². The zero-order chi connectivity index (χ0) is 10.9. The number of methoxy groups -OCH3 is 1. The van der Waals surface area contributed by atoms with E-state index < -0.39 is 0 Å². The molecule has 1 rings (SSSR count). The van der Waals surface area contributed by atoms with Crippen molar-refractivity contribution in [2.75, 3.05) is 26.9 Å². The summed E-state index contributed by atoms with van der Waals surface area (Å²) in [4.78, 5) is 4.14. The third-order valence-corrected chi connectivity index (χ3v) is 2.03. The van der Waals surface area contributed by atoms with Crippen LogP contribution in [0, 0.1) is 0 Å². The first-order chi connectivity index (χ1) is 7.36. The van der Waals surface area contributed by atoms with Gasteiger partial charge in [-0.25, -0.2) is 4.98 Å². The Bertz CT molecular complexity index is 263. The maximum absolute atomic E-state index is 5.46. The lowest BCUT2D eigenvalue weighted by Gasteiger charge is -2.03. The monoisotopic (exact) mass is 213 g/mol. The highest BCUT2D eigenvalue weighted by Crippen LogP contribution is 1.96. The molecule has 0 aliphatic rings. The molecule has 0 radical (unpaired) electrons. The van der Waals surface area contributed by atoms with Crippen LogP contribution in [0.3, 0.4) is 0 Å². The molecule has 0 aliphatic carbocycles. The largest absolute Gasteiger partial charge is 0.382 e. The van der Waals surface area contributed by atoms with Crippen LogP contribution in [-0.4, -0.2) is 36.5 Å². The molecule has 0 aliphatic heterocycles. The van der Waals surface area contributed by atoms with E-state index in [0.717, 1.165) is 25.3 Å². The van der Waals surface area contributed by atoms with Gasteiger partial charge in [0.15, 0.2) is 0 Å². The van der Waals surface area contributed by atoms with Crippen molar-refractivity contribution >= 4 is 0 Å². The first-order valence-corrected chi connectivity index (χ1v) is 5.14. The summed E-state index contributed by atoms with van der Waals surface area (Å²) in [5.74, 6) is 0. The van der Waals surface area contributed by atoms with Gasteiger partial charge in [0.05, 0.1) is 25.2 Å². The Hall–Kier alpha value is -0.910. The Kier molecular flexibility index (Phi) is 5.99. The molecule has 0 saturated heterocycles. The van der Waals surface area contributed by atoms with E-state index in [-0.39, 0.29) is 0 Å². The fourth-order valence-corrected chi connectivity index (χ4v) is 1.23. The van der Waals surface area contributed by atoms with Gasteiger partial charge in [0.25, 0.3) is 0 Å². The van der Waals surface area contributed by atoms with E-state index in [2.05, 4.69) is 4.98 Å². The molecule has 1 heterocycles.